The van der Waals surface area contributed by atoms with Crippen LogP contribution in [0.1, 0.15) is 184 Å². The minimum absolute atomic E-state index is 0.0639. The maximum atomic E-state index is 13.0. The summed E-state index contributed by atoms with van der Waals surface area (Å²) in [4.78, 5) is 22.3. The van der Waals surface area contributed by atoms with Gasteiger partial charge in [-0.05, 0) is 181 Å². The Balaban J connectivity index is 0.000000549. The Labute approximate surface area is 579 Å². The highest BCUT2D eigenvalue weighted by Gasteiger charge is 2.45. The van der Waals surface area contributed by atoms with Gasteiger partial charge in [0.05, 0.1) is 56.4 Å². The predicted octanol–water partition coefficient (Wildman–Crippen LogP) is 19.0. The smallest absolute Gasteiger partial charge is 0.311 e. The van der Waals surface area contributed by atoms with Crippen molar-refractivity contribution in [3.05, 3.63) is 103 Å². The van der Waals surface area contributed by atoms with Gasteiger partial charge in [-0.3, -0.25) is 18.7 Å². The Morgan fingerprint density at radius 1 is 0.633 bits per heavy atom. The minimum Gasteiger partial charge on any atom is -0.505 e. The molecular weight excluding hydrogens is 1320 g/mol. The van der Waals surface area contributed by atoms with Crippen molar-refractivity contribution >= 4 is 112 Å². The first kappa shape index (κ1) is 77.8. The van der Waals surface area contributed by atoms with Crippen molar-refractivity contribution in [1.82, 2.24) is 10.6 Å². The van der Waals surface area contributed by atoms with Gasteiger partial charge >= 0.3 is 11.9 Å². The summed E-state index contributed by atoms with van der Waals surface area (Å²) >= 11 is 0.341. The number of carboxylic acid groups (broad SMARTS) is 1. The van der Waals surface area contributed by atoms with Gasteiger partial charge in [0, 0.05) is 46.8 Å². The Morgan fingerprint density at radius 3 is 1.77 bits per heavy atom. The van der Waals surface area contributed by atoms with Crippen LogP contribution in [0.25, 0.3) is 10.8 Å². The quantitative estimate of drug-likeness (QED) is 0.00274. The molecule has 6 atom stereocenters. The zero-order chi connectivity index (χ0) is 71.5. The number of hydrogen-bond donors (Lipinski definition) is 10. The molecule has 0 aliphatic carbocycles. The SMILES string of the molecule is CCCC1CC(C)(CCCC(=O)O)NC(CC)(CCC)C1.CCCC1CC(C)(CCCC(=O)Oc2ccc(N=Nc3cccc(Nc4ccc(N=Nc5c(SOOO)cc6cc(S(=O)(=O)O)c(N=Nc7ccccc7)c(O)c6c5N)cc4S(=O)(=O)O)c3)c(N)c2)NC(CC)(CCC)C1. The number of azo groups is 3. The van der Waals surface area contributed by atoms with E-state index in [9.17, 15) is 40.6 Å². The second-order valence-electron chi connectivity index (χ2n) is 26.3. The van der Waals surface area contributed by atoms with Crippen LogP contribution in [0.2, 0.25) is 0 Å². The van der Waals surface area contributed by atoms with Crippen molar-refractivity contribution in [2.45, 2.75) is 221 Å². The summed E-state index contributed by atoms with van der Waals surface area (Å²) in [7, 11) is -9.95. The van der Waals surface area contributed by atoms with Crippen LogP contribution >= 0.6 is 12.0 Å². The molecule has 98 heavy (non-hydrogen) atoms. The topological polar surface area (TPSA) is 394 Å². The first-order chi connectivity index (χ1) is 46.5. The van der Waals surface area contributed by atoms with Gasteiger partial charge in [-0.15, -0.1) is 19.7 Å². The second-order valence-corrected chi connectivity index (χ2v) is 29.9. The fraction of sp³-hybridized carbons (Fsp3) is 0.486. The zero-order valence-electron chi connectivity index (χ0n) is 57.1. The van der Waals surface area contributed by atoms with E-state index < -0.39 is 47.4 Å². The van der Waals surface area contributed by atoms with Crippen molar-refractivity contribution in [3.63, 3.8) is 0 Å². The summed E-state index contributed by atoms with van der Waals surface area (Å²) in [6.45, 7) is 18.2. The summed E-state index contributed by atoms with van der Waals surface area (Å²) in [6, 6.07) is 25.0. The number of fused-ring (bicyclic) bond motifs is 1. The summed E-state index contributed by atoms with van der Waals surface area (Å²) in [5.41, 5.74) is 13.3. The number of nitrogen functional groups attached to an aromatic ring is 2. The lowest BCUT2D eigenvalue weighted by molar-refractivity contribution is -0.432. The Morgan fingerprint density at radius 2 is 1.20 bits per heavy atom. The average Bonchev–Trinajstić information content (AvgIpc) is 0.761. The van der Waals surface area contributed by atoms with Crippen LogP contribution in [0.5, 0.6) is 11.5 Å². The summed E-state index contributed by atoms with van der Waals surface area (Å²) in [6.07, 6.45) is 20.5. The molecular formula is C70H95N11O14S3. The van der Waals surface area contributed by atoms with E-state index in [0.29, 0.717) is 47.9 Å². The normalized spacial score (nSPS) is 21.4. The maximum absolute atomic E-state index is 13.0. The Bertz CT molecular complexity index is 4060. The fourth-order valence-electron chi connectivity index (χ4n) is 14.3. The number of anilines is 4. The molecule has 2 saturated heterocycles. The second kappa shape index (κ2) is 35.0. The van der Waals surface area contributed by atoms with Crippen LogP contribution in [0.3, 0.4) is 0 Å². The number of aliphatic carboxylic acids is 1. The Hall–Kier alpha value is -7.51. The maximum Gasteiger partial charge on any atom is 0.311 e. The number of rotatable bonds is 32. The molecule has 25 nitrogen and oxygen atoms in total. The number of carboxylic acids is 1. The zero-order valence-corrected chi connectivity index (χ0v) is 59.5. The van der Waals surface area contributed by atoms with E-state index >= 15 is 0 Å². The number of carbonyl (C=O) groups is 2. The van der Waals surface area contributed by atoms with Crippen LogP contribution in [-0.4, -0.2) is 75.5 Å². The first-order valence-electron chi connectivity index (χ1n) is 33.5. The third kappa shape index (κ3) is 21.5. The number of phenolic OH excluding ortho intramolecular Hbond substituents is 1. The standard InChI is InChI=1S/C52H60N10O12S3.C18H35NO2/c1-5-13-32-30-51(4,62-52(7-3,31-32)23-6-2)24-12-18-45(63)72-38-20-22-40(39(53)29-38)59-57-36-17-11-16-35(27-36)55-41-21-19-37(28-43(41)76(66,67)68)58-60-48-42(75-74-73-65)25-33-26-44(77(69,70)71)49(50(64)46(33)47(48)54)61-56-34-14-9-8-10-15-34;1-5-9-15-13-17(4,12-8-10-16(20)21)19-18(7-3,14-15)11-6-2/h8-11,14-17,19-22,25-29,32,55,62,64-65H,5-7,12-13,18,23-24,30-31,53-54H2,1-4H3,(H,66,67,68)(H,69,70,71);15,19H,5-14H2,1-4H3,(H,20,21). The lowest BCUT2D eigenvalue weighted by atomic mass is 9.68. The van der Waals surface area contributed by atoms with Gasteiger partial charge < -0.3 is 42.4 Å². The van der Waals surface area contributed by atoms with Crippen molar-refractivity contribution in [2.75, 3.05) is 16.8 Å². The first-order valence-corrected chi connectivity index (χ1v) is 37.1. The van der Waals surface area contributed by atoms with Gasteiger partial charge in [0.2, 0.25) is 0 Å². The molecule has 28 heteroatoms. The molecule has 2 aliphatic rings. The van der Waals surface area contributed by atoms with Gasteiger partial charge in [-0.2, -0.15) is 32.2 Å². The number of aromatic hydroxyl groups is 1. The number of nitrogens with zero attached hydrogens (tertiary/aromatic N) is 6. The monoisotopic (exact) mass is 1410 g/mol. The summed E-state index contributed by atoms with van der Waals surface area (Å²) in [5.74, 6) is -0.128. The number of piperidine rings is 2. The molecule has 0 saturated carbocycles. The van der Waals surface area contributed by atoms with E-state index in [1.165, 1.54) is 82.1 Å². The number of esters is 1. The molecule has 2 aliphatic heterocycles. The molecule has 8 rings (SSSR count). The predicted molar refractivity (Wildman–Crippen MR) is 381 cm³/mol. The van der Waals surface area contributed by atoms with E-state index in [4.69, 9.17) is 26.6 Å². The molecule has 0 bridgehead atoms. The Kier molecular flexibility index (Phi) is 27.8. The van der Waals surface area contributed by atoms with Crippen LogP contribution in [-0.2, 0) is 39.2 Å². The van der Waals surface area contributed by atoms with Crippen LogP contribution in [0.15, 0.2) is 149 Å². The van der Waals surface area contributed by atoms with E-state index in [1.807, 2.05) is 0 Å². The molecule has 12 N–H and O–H groups in total. The molecule has 6 unspecified atom stereocenters. The van der Waals surface area contributed by atoms with E-state index in [1.54, 1.807) is 66.7 Å². The molecule has 532 valence electrons. The van der Waals surface area contributed by atoms with E-state index in [2.05, 4.69) is 111 Å². The number of nitrogens with two attached hydrogens (primary N) is 2. The van der Waals surface area contributed by atoms with Crippen molar-refractivity contribution in [1.29, 1.82) is 0 Å². The van der Waals surface area contributed by atoms with Gasteiger partial charge in [0.1, 0.15) is 32.6 Å². The van der Waals surface area contributed by atoms with Crippen molar-refractivity contribution in [2.24, 2.45) is 42.5 Å². The van der Waals surface area contributed by atoms with E-state index in [0.717, 1.165) is 69.4 Å². The van der Waals surface area contributed by atoms with Crippen LogP contribution in [0, 0.1) is 11.8 Å². The van der Waals surface area contributed by atoms with Gasteiger partial charge in [-0.1, -0.05) is 109 Å². The lowest BCUT2D eigenvalue weighted by Crippen LogP contribution is -2.61. The minimum atomic E-state index is -5.02. The average molecular weight is 1410 g/mol. The number of carbonyl (C=O) groups excluding carboxylic acids is 1. The fourth-order valence-corrected chi connectivity index (χ4v) is 16.2. The molecule has 0 radical (unpaired) electrons. The van der Waals surface area contributed by atoms with Gasteiger partial charge in [0.15, 0.2) is 5.75 Å². The summed E-state index contributed by atoms with van der Waals surface area (Å²) < 4.78 is 81.2. The number of phenols is 1. The highest BCUT2D eigenvalue weighted by atomic mass is 32.2. The number of ether oxygens (including phenoxy) is 1. The molecule has 2 fully saturated rings. The van der Waals surface area contributed by atoms with Gasteiger partial charge in [0.25, 0.3) is 20.2 Å². The largest absolute Gasteiger partial charge is 0.505 e. The summed E-state index contributed by atoms with van der Waals surface area (Å²) in [5, 5.41) is 68.3. The third-order valence-corrected chi connectivity index (χ3v) is 20.7. The lowest BCUT2D eigenvalue weighted by Gasteiger charge is -2.51. The van der Waals surface area contributed by atoms with E-state index in [-0.39, 0.29) is 90.1 Å². The van der Waals surface area contributed by atoms with Crippen molar-refractivity contribution in [3.8, 4) is 11.5 Å². The number of hydrogen-bond acceptors (Lipinski definition) is 23. The molecule has 0 aromatic heterocycles. The molecule has 6 aromatic carbocycles. The van der Waals surface area contributed by atoms with Crippen LogP contribution < -0.4 is 32.2 Å². The van der Waals surface area contributed by atoms with Crippen LogP contribution in [0.4, 0.5) is 56.9 Å². The van der Waals surface area contributed by atoms with Crippen molar-refractivity contribution < 1.29 is 65.1 Å². The molecule has 0 spiro atoms. The third-order valence-electron chi connectivity index (χ3n) is 18.3. The molecule has 6 aromatic rings. The van der Waals surface area contributed by atoms with Gasteiger partial charge in [-0.25, -0.2) is 5.26 Å². The highest BCUT2D eigenvalue weighted by Crippen LogP contribution is 2.50. The molecule has 2 heterocycles. The number of benzene rings is 6. The molecule has 0 amide bonds. The number of nitrogens with one attached hydrogen (secondary N) is 3. The highest BCUT2D eigenvalue weighted by molar-refractivity contribution is 7.94.